The van der Waals surface area contributed by atoms with E-state index in [0.29, 0.717) is 6.42 Å². The Morgan fingerprint density at radius 2 is 1.03 bits per heavy atom. The average Bonchev–Trinajstić information content (AvgIpc) is 3.11. The maximum absolute atomic E-state index is 6.21. The Hall–Kier alpha value is -2.62. The number of aliphatic imine (C=N–C) groups is 2. The van der Waals surface area contributed by atoms with Gasteiger partial charge in [-0.1, -0.05) is 60.7 Å². The highest BCUT2D eigenvalue weighted by Gasteiger charge is 2.42. The molecule has 4 rings (SSSR count). The van der Waals surface area contributed by atoms with E-state index in [-0.39, 0.29) is 23.3 Å². The zero-order chi connectivity index (χ0) is 20.5. The van der Waals surface area contributed by atoms with Crippen LogP contribution in [0.4, 0.5) is 0 Å². The standard InChI is InChI=1S/C25H30N2O2/c1-24(2)20(15-18-11-7-5-8-12-18)26-22(28-24)17-23-27-21(25(3,4)29-23)16-19-13-9-6-10-14-19/h5-14,20-21H,15-17H2,1-4H3/t20-,21-/m1/s1. The van der Waals surface area contributed by atoms with Gasteiger partial charge in [0, 0.05) is 0 Å². The van der Waals surface area contributed by atoms with Crippen molar-refractivity contribution < 1.29 is 9.47 Å². The summed E-state index contributed by atoms with van der Waals surface area (Å²) < 4.78 is 12.4. The van der Waals surface area contributed by atoms with Crippen LogP contribution in [0.15, 0.2) is 70.6 Å². The molecule has 2 aliphatic rings. The minimum absolute atomic E-state index is 0.0926. The Morgan fingerprint density at radius 3 is 1.41 bits per heavy atom. The molecule has 0 amide bonds. The van der Waals surface area contributed by atoms with Crippen LogP contribution in [0.3, 0.4) is 0 Å². The molecular formula is C25H30N2O2. The van der Waals surface area contributed by atoms with Crippen molar-refractivity contribution in [3.05, 3.63) is 71.8 Å². The van der Waals surface area contributed by atoms with Crippen LogP contribution in [0, 0.1) is 0 Å². The summed E-state index contributed by atoms with van der Waals surface area (Å²) in [5, 5.41) is 0. The summed E-state index contributed by atoms with van der Waals surface area (Å²) >= 11 is 0. The molecule has 29 heavy (non-hydrogen) atoms. The quantitative estimate of drug-likeness (QED) is 0.695. The third-order valence-electron chi connectivity index (χ3n) is 5.81. The normalized spacial score (nSPS) is 24.4. The van der Waals surface area contributed by atoms with Gasteiger partial charge < -0.3 is 9.47 Å². The van der Waals surface area contributed by atoms with Crippen LogP contribution in [0.25, 0.3) is 0 Å². The number of hydrogen-bond acceptors (Lipinski definition) is 4. The Bertz CT molecular complexity index is 825. The van der Waals surface area contributed by atoms with Gasteiger partial charge in [-0.25, -0.2) is 9.98 Å². The Balaban J connectivity index is 1.45. The maximum Gasteiger partial charge on any atom is 0.193 e. The van der Waals surface area contributed by atoms with Crippen LogP contribution in [0.5, 0.6) is 0 Å². The predicted octanol–water partition coefficient (Wildman–Crippen LogP) is 5.01. The molecule has 2 atom stereocenters. The number of nitrogens with zero attached hydrogens (tertiary/aromatic N) is 2. The van der Waals surface area contributed by atoms with E-state index < -0.39 is 0 Å². The predicted molar refractivity (Wildman–Crippen MR) is 118 cm³/mol. The number of benzene rings is 2. The van der Waals surface area contributed by atoms with Crippen LogP contribution < -0.4 is 0 Å². The second-order valence-corrected chi connectivity index (χ2v) is 9.04. The van der Waals surface area contributed by atoms with E-state index >= 15 is 0 Å². The summed E-state index contributed by atoms with van der Waals surface area (Å²) in [5.74, 6) is 1.46. The van der Waals surface area contributed by atoms with Crippen LogP contribution in [0.1, 0.15) is 45.2 Å². The third kappa shape index (κ3) is 4.52. The fraction of sp³-hybridized carbons (Fsp3) is 0.440. The molecular weight excluding hydrogens is 360 g/mol. The summed E-state index contributed by atoms with van der Waals surface area (Å²) in [6.07, 6.45) is 2.25. The maximum atomic E-state index is 6.21. The molecule has 152 valence electrons. The summed E-state index contributed by atoms with van der Waals surface area (Å²) in [5.41, 5.74) is 1.89. The molecule has 4 heteroatoms. The molecule has 0 saturated carbocycles. The highest BCUT2D eigenvalue weighted by molar-refractivity contribution is 5.98. The smallest absolute Gasteiger partial charge is 0.193 e. The number of ether oxygens (including phenoxy) is 2. The lowest BCUT2D eigenvalue weighted by Gasteiger charge is -2.25. The lowest BCUT2D eigenvalue weighted by atomic mass is 9.93. The summed E-state index contributed by atoms with van der Waals surface area (Å²) in [6, 6.07) is 21.1. The molecule has 0 spiro atoms. The highest BCUT2D eigenvalue weighted by Crippen LogP contribution is 2.32. The summed E-state index contributed by atoms with van der Waals surface area (Å²) in [4.78, 5) is 9.78. The van der Waals surface area contributed by atoms with Gasteiger partial charge in [0.2, 0.25) is 0 Å². The first-order valence-corrected chi connectivity index (χ1v) is 10.4. The monoisotopic (exact) mass is 390 g/mol. The van der Waals surface area contributed by atoms with Crippen molar-refractivity contribution in [3.63, 3.8) is 0 Å². The number of rotatable bonds is 6. The van der Waals surface area contributed by atoms with Crippen molar-refractivity contribution in [1.29, 1.82) is 0 Å². The van der Waals surface area contributed by atoms with Crippen molar-refractivity contribution in [3.8, 4) is 0 Å². The van der Waals surface area contributed by atoms with Gasteiger partial charge >= 0.3 is 0 Å². The molecule has 0 radical (unpaired) electrons. The molecule has 0 aliphatic carbocycles. The first-order chi connectivity index (χ1) is 13.8. The van der Waals surface area contributed by atoms with E-state index in [0.717, 1.165) is 24.6 Å². The number of hydrogen-bond donors (Lipinski definition) is 0. The summed E-state index contributed by atoms with van der Waals surface area (Å²) in [7, 11) is 0. The molecule has 0 bridgehead atoms. The minimum Gasteiger partial charge on any atom is -0.472 e. The minimum atomic E-state index is -0.330. The average molecular weight is 391 g/mol. The van der Waals surface area contributed by atoms with E-state index in [9.17, 15) is 0 Å². The van der Waals surface area contributed by atoms with E-state index in [1.54, 1.807) is 0 Å². The van der Waals surface area contributed by atoms with Crippen molar-refractivity contribution in [2.45, 2.75) is 70.2 Å². The first kappa shape index (κ1) is 19.7. The van der Waals surface area contributed by atoms with E-state index in [2.05, 4.69) is 76.2 Å². The van der Waals surface area contributed by atoms with Gasteiger partial charge in [0.25, 0.3) is 0 Å². The largest absolute Gasteiger partial charge is 0.472 e. The zero-order valence-corrected chi connectivity index (χ0v) is 17.8. The van der Waals surface area contributed by atoms with Crippen LogP contribution in [-0.2, 0) is 22.3 Å². The van der Waals surface area contributed by atoms with Gasteiger partial charge in [-0.05, 0) is 51.7 Å². The molecule has 0 N–H and O–H groups in total. The van der Waals surface area contributed by atoms with Crippen LogP contribution in [0.2, 0.25) is 0 Å². The van der Waals surface area contributed by atoms with Gasteiger partial charge in [-0.3, -0.25) is 0 Å². The molecule has 2 heterocycles. The van der Waals surface area contributed by atoms with Gasteiger partial charge in [-0.15, -0.1) is 0 Å². The van der Waals surface area contributed by atoms with Gasteiger partial charge in [0.1, 0.15) is 11.2 Å². The van der Waals surface area contributed by atoms with Gasteiger partial charge in [0.05, 0.1) is 18.5 Å². The van der Waals surface area contributed by atoms with Crippen molar-refractivity contribution >= 4 is 11.8 Å². The Labute approximate surface area is 173 Å². The SMILES string of the molecule is CC1(C)OC(CC2=N[C@H](Cc3ccccc3)C(C)(C)O2)=N[C@@H]1Cc1ccccc1. The lowest BCUT2D eigenvalue weighted by molar-refractivity contribution is 0.0870. The van der Waals surface area contributed by atoms with Gasteiger partial charge in [-0.2, -0.15) is 0 Å². The molecule has 2 aromatic carbocycles. The summed E-state index contributed by atoms with van der Waals surface area (Å²) in [6.45, 7) is 8.43. The topological polar surface area (TPSA) is 43.2 Å². The Kier molecular flexibility index (Phi) is 5.20. The van der Waals surface area contributed by atoms with Gasteiger partial charge in [0.15, 0.2) is 11.8 Å². The molecule has 0 aromatic heterocycles. The van der Waals surface area contributed by atoms with Crippen molar-refractivity contribution in [2.75, 3.05) is 0 Å². The molecule has 0 fully saturated rings. The van der Waals surface area contributed by atoms with E-state index in [1.807, 2.05) is 12.1 Å². The third-order valence-corrected chi connectivity index (χ3v) is 5.81. The van der Waals surface area contributed by atoms with Crippen molar-refractivity contribution in [1.82, 2.24) is 0 Å². The van der Waals surface area contributed by atoms with Crippen LogP contribution in [-0.4, -0.2) is 35.1 Å². The van der Waals surface area contributed by atoms with E-state index in [4.69, 9.17) is 19.5 Å². The van der Waals surface area contributed by atoms with Crippen molar-refractivity contribution in [2.24, 2.45) is 9.98 Å². The fourth-order valence-electron chi connectivity index (χ4n) is 4.00. The second-order valence-electron chi connectivity index (χ2n) is 9.04. The van der Waals surface area contributed by atoms with Crippen LogP contribution >= 0.6 is 0 Å². The molecule has 0 saturated heterocycles. The first-order valence-electron chi connectivity index (χ1n) is 10.4. The molecule has 2 aliphatic heterocycles. The molecule has 2 aromatic rings. The lowest BCUT2D eigenvalue weighted by Crippen LogP contribution is -2.35. The molecule has 4 nitrogen and oxygen atoms in total. The van der Waals surface area contributed by atoms with E-state index in [1.165, 1.54) is 11.1 Å². The highest BCUT2D eigenvalue weighted by atomic mass is 16.5. The fourth-order valence-corrected chi connectivity index (χ4v) is 4.00. The second kappa shape index (κ2) is 7.66. The molecule has 0 unspecified atom stereocenters. The zero-order valence-electron chi connectivity index (χ0n) is 17.8. The Morgan fingerprint density at radius 1 is 0.655 bits per heavy atom.